The molecule has 0 aliphatic carbocycles. The number of hydrogen-bond acceptors (Lipinski definition) is 3. The number of hydrogen-bond donors (Lipinski definition) is 1. The van der Waals surface area contributed by atoms with Crippen LogP contribution in [0.3, 0.4) is 0 Å². The van der Waals surface area contributed by atoms with Gasteiger partial charge in [0.05, 0.1) is 6.61 Å². The molecule has 3 rings (SSSR count). The van der Waals surface area contributed by atoms with Crippen LogP contribution >= 0.6 is 0 Å². The van der Waals surface area contributed by atoms with Crippen LogP contribution in [0.5, 0.6) is 11.5 Å². The van der Waals surface area contributed by atoms with Crippen LogP contribution in [-0.4, -0.2) is 18.6 Å². The molecule has 0 saturated heterocycles. The first kappa shape index (κ1) is 21.4. The molecular formula is C26H29NO3. The highest BCUT2D eigenvalue weighted by Gasteiger charge is 2.23. The standard InChI is InChI=1S/C26H29NO3/c1-5-29-23-17-13-22(14-18-23)27-25(28)19(2)30-24-15-11-21(12-16-24)26(3,4)20-9-7-6-8-10-20/h6-19H,5H2,1-4H3,(H,27,28). The van der Waals surface area contributed by atoms with Crippen LogP contribution in [0.1, 0.15) is 38.8 Å². The van der Waals surface area contributed by atoms with Gasteiger partial charge in [-0.25, -0.2) is 0 Å². The van der Waals surface area contributed by atoms with Gasteiger partial charge >= 0.3 is 0 Å². The summed E-state index contributed by atoms with van der Waals surface area (Å²) in [5.74, 6) is 1.24. The maximum Gasteiger partial charge on any atom is 0.265 e. The maximum atomic E-state index is 12.5. The van der Waals surface area contributed by atoms with Gasteiger partial charge in [0, 0.05) is 11.1 Å². The summed E-state index contributed by atoms with van der Waals surface area (Å²) < 4.78 is 11.3. The van der Waals surface area contributed by atoms with Crippen molar-refractivity contribution >= 4 is 11.6 Å². The van der Waals surface area contributed by atoms with E-state index in [0.29, 0.717) is 18.0 Å². The van der Waals surface area contributed by atoms with Crippen molar-refractivity contribution < 1.29 is 14.3 Å². The molecule has 4 nitrogen and oxygen atoms in total. The molecule has 0 heterocycles. The summed E-state index contributed by atoms with van der Waals surface area (Å²) in [7, 11) is 0. The van der Waals surface area contributed by atoms with E-state index in [9.17, 15) is 4.79 Å². The van der Waals surface area contributed by atoms with Gasteiger partial charge in [-0.3, -0.25) is 4.79 Å². The number of anilines is 1. The van der Waals surface area contributed by atoms with Crippen LogP contribution in [0, 0.1) is 0 Å². The maximum absolute atomic E-state index is 12.5. The highest BCUT2D eigenvalue weighted by molar-refractivity contribution is 5.94. The first-order chi connectivity index (χ1) is 14.4. The molecule has 0 bridgehead atoms. The van der Waals surface area contributed by atoms with Crippen molar-refractivity contribution in [3.63, 3.8) is 0 Å². The first-order valence-electron chi connectivity index (χ1n) is 10.3. The van der Waals surface area contributed by atoms with Crippen LogP contribution in [0.2, 0.25) is 0 Å². The Morgan fingerprint density at radius 1 is 0.867 bits per heavy atom. The molecule has 156 valence electrons. The minimum Gasteiger partial charge on any atom is -0.494 e. The van der Waals surface area contributed by atoms with Gasteiger partial charge in [0.15, 0.2) is 6.10 Å². The Labute approximate surface area is 178 Å². The molecule has 3 aromatic rings. The van der Waals surface area contributed by atoms with E-state index in [1.165, 1.54) is 11.1 Å². The third-order valence-electron chi connectivity index (χ3n) is 5.19. The van der Waals surface area contributed by atoms with Crippen LogP contribution in [-0.2, 0) is 10.2 Å². The Bertz CT molecular complexity index is 948. The molecule has 1 unspecified atom stereocenters. The lowest BCUT2D eigenvalue weighted by molar-refractivity contribution is -0.122. The van der Waals surface area contributed by atoms with E-state index in [1.807, 2.05) is 49.4 Å². The fraction of sp³-hybridized carbons (Fsp3) is 0.269. The summed E-state index contributed by atoms with van der Waals surface area (Å²) in [5.41, 5.74) is 3.03. The largest absolute Gasteiger partial charge is 0.494 e. The molecule has 0 aliphatic rings. The Morgan fingerprint density at radius 2 is 1.43 bits per heavy atom. The molecular weight excluding hydrogens is 374 g/mol. The van der Waals surface area contributed by atoms with Crippen molar-refractivity contribution in [2.45, 2.75) is 39.2 Å². The number of rotatable bonds is 8. The van der Waals surface area contributed by atoms with Crippen LogP contribution in [0.4, 0.5) is 5.69 Å². The Kier molecular flexibility index (Phi) is 6.78. The molecule has 1 amide bonds. The summed E-state index contributed by atoms with van der Waals surface area (Å²) in [6.45, 7) is 8.68. The van der Waals surface area contributed by atoms with Gasteiger partial charge in [0.1, 0.15) is 11.5 Å². The third kappa shape index (κ3) is 5.20. The zero-order chi connectivity index (χ0) is 21.6. The molecule has 0 radical (unpaired) electrons. The van der Waals surface area contributed by atoms with Crippen molar-refractivity contribution in [3.05, 3.63) is 90.0 Å². The van der Waals surface area contributed by atoms with Gasteiger partial charge in [0.2, 0.25) is 0 Å². The second kappa shape index (κ2) is 9.49. The highest BCUT2D eigenvalue weighted by Crippen LogP contribution is 2.32. The minimum absolute atomic E-state index is 0.115. The lowest BCUT2D eigenvalue weighted by Crippen LogP contribution is -2.30. The van der Waals surface area contributed by atoms with E-state index in [1.54, 1.807) is 6.92 Å². The first-order valence-corrected chi connectivity index (χ1v) is 10.3. The second-order valence-corrected chi connectivity index (χ2v) is 7.72. The molecule has 0 spiro atoms. The fourth-order valence-corrected chi connectivity index (χ4v) is 3.27. The molecule has 4 heteroatoms. The molecule has 1 atom stereocenters. The highest BCUT2D eigenvalue weighted by atomic mass is 16.5. The van der Waals surface area contributed by atoms with Crippen molar-refractivity contribution in [2.75, 3.05) is 11.9 Å². The zero-order valence-electron chi connectivity index (χ0n) is 18.0. The van der Waals surface area contributed by atoms with E-state index in [0.717, 1.165) is 5.75 Å². The number of amides is 1. The van der Waals surface area contributed by atoms with Crippen LogP contribution in [0.15, 0.2) is 78.9 Å². The minimum atomic E-state index is -0.621. The van der Waals surface area contributed by atoms with Gasteiger partial charge in [-0.1, -0.05) is 56.3 Å². The average molecular weight is 404 g/mol. The predicted octanol–water partition coefficient (Wildman–Crippen LogP) is 5.82. The topological polar surface area (TPSA) is 47.6 Å². The Morgan fingerprint density at radius 3 is 2.03 bits per heavy atom. The smallest absolute Gasteiger partial charge is 0.265 e. The molecule has 0 fully saturated rings. The van der Waals surface area contributed by atoms with Crippen molar-refractivity contribution in [1.82, 2.24) is 0 Å². The zero-order valence-corrected chi connectivity index (χ0v) is 18.0. The second-order valence-electron chi connectivity index (χ2n) is 7.72. The van der Waals surface area contributed by atoms with E-state index < -0.39 is 6.10 Å². The fourth-order valence-electron chi connectivity index (χ4n) is 3.27. The van der Waals surface area contributed by atoms with Gasteiger partial charge in [-0.2, -0.15) is 0 Å². The molecule has 30 heavy (non-hydrogen) atoms. The third-order valence-corrected chi connectivity index (χ3v) is 5.19. The Balaban J connectivity index is 1.61. The SMILES string of the molecule is CCOc1ccc(NC(=O)C(C)Oc2ccc(C(C)(C)c3ccccc3)cc2)cc1. The van der Waals surface area contributed by atoms with Crippen molar-refractivity contribution in [2.24, 2.45) is 0 Å². The molecule has 1 N–H and O–H groups in total. The number of ether oxygens (including phenoxy) is 2. The van der Waals surface area contributed by atoms with E-state index >= 15 is 0 Å². The van der Waals surface area contributed by atoms with E-state index in [2.05, 4.69) is 55.6 Å². The molecule has 0 aromatic heterocycles. The van der Waals surface area contributed by atoms with Gasteiger partial charge in [-0.15, -0.1) is 0 Å². The van der Waals surface area contributed by atoms with Gasteiger partial charge in [-0.05, 0) is 61.4 Å². The van der Waals surface area contributed by atoms with Crippen LogP contribution in [0.25, 0.3) is 0 Å². The number of carbonyl (C=O) groups is 1. The lowest BCUT2D eigenvalue weighted by Gasteiger charge is -2.26. The van der Waals surface area contributed by atoms with Gasteiger partial charge in [0.25, 0.3) is 5.91 Å². The van der Waals surface area contributed by atoms with Crippen LogP contribution < -0.4 is 14.8 Å². The number of nitrogens with one attached hydrogen (secondary N) is 1. The normalized spacial score (nSPS) is 12.1. The lowest BCUT2D eigenvalue weighted by atomic mass is 9.78. The quantitative estimate of drug-likeness (QED) is 0.516. The number of carbonyl (C=O) groups excluding carboxylic acids is 1. The summed E-state index contributed by atoms with van der Waals surface area (Å²) in [4.78, 5) is 12.5. The molecule has 3 aromatic carbocycles. The number of benzene rings is 3. The predicted molar refractivity (Wildman–Crippen MR) is 121 cm³/mol. The summed E-state index contributed by atoms with van der Waals surface area (Å²) in [6, 6.07) is 25.6. The average Bonchev–Trinajstić information content (AvgIpc) is 2.76. The summed E-state index contributed by atoms with van der Waals surface area (Å²) in [6.07, 6.45) is -0.621. The van der Waals surface area contributed by atoms with Gasteiger partial charge < -0.3 is 14.8 Å². The molecule has 0 aliphatic heterocycles. The Hall–Kier alpha value is -3.27. The molecule has 0 saturated carbocycles. The van der Waals surface area contributed by atoms with E-state index in [4.69, 9.17) is 9.47 Å². The summed E-state index contributed by atoms with van der Waals surface area (Å²) >= 11 is 0. The van der Waals surface area contributed by atoms with Crippen molar-refractivity contribution in [1.29, 1.82) is 0 Å². The monoisotopic (exact) mass is 403 g/mol. The van der Waals surface area contributed by atoms with E-state index in [-0.39, 0.29) is 11.3 Å². The van der Waals surface area contributed by atoms with Crippen molar-refractivity contribution in [3.8, 4) is 11.5 Å². The summed E-state index contributed by atoms with van der Waals surface area (Å²) in [5, 5.41) is 2.87.